The van der Waals surface area contributed by atoms with Gasteiger partial charge in [-0.1, -0.05) is 48.5 Å². The zero-order chi connectivity index (χ0) is 23.9. The molecule has 0 aliphatic rings. The fourth-order valence-corrected chi connectivity index (χ4v) is 3.94. The van der Waals surface area contributed by atoms with E-state index in [1.54, 1.807) is 26.6 Å². The Kier molecular flexibility index (Phi) is 7.40. The van der Waals surface area contributed by atoms with Crippen LogP contribution in [0.5, 0.6) is 5.75 Å². The Morgan fingerprint density at radius 1 is 1.09 bits per heavy atom. The maximum Gasteiger partial charge on any atom is 0.246 e. The fourth-order valence-electron chi connectivity index (χ4n) is 3.94. The number of fused-ring (bicyclic) bond motifs is 1. The lowest BCUT2D eigenvalue weighted by atomic mass is 10.0. The number of imidazole rings is 1. The summed E-state index contributed by atoms with van der Waals surface area (Å²) in [7, 11) is 3.28. The Balaban J connectivity index is 1.55. The van der Waals surface area contributed by atoms with Crippen molar-refractivity contribution in [2.24, 2.45) is 0 Å². The van der Waals surface area contributed by atoms with Gasteiger partial charge in [-0.05, 0) is 47.0 Å². The molecule has 0 saturated carbocycles. The van der Waals surface area contributed by atoms with Gasteiger partial charge in [0.25, 0.3) is 0 Å². The molecule has 0 N–H and O–H groups in total. The smallest absolute Gasteiger partial charge is 0.246 e. The van der Waals surface area contributed by atoms with Crippen molar-refractivity contribution in [3.8, 4) is 11.4 Å². The maximum atomic E-state index is 13.1. The molecule has 6 nitrogen and oxygen atoms in total. The number of amides is 1. The summed E-state index contributed by atoms with van der Waals surface area (Å²) in [5.41, 5.74) is 3.81. The molecular weight excluding hydrogens is 426 g/mol. The number of benzene rings is 3. The molecule has 0 saturated heterocycles. The van der Waals surface area contributed by atoms with Crippen LogP contribution in [0.15, 0.2) is 79.3 Å². The number of carbonyl (C=O) groups excluding carboxylic acids is 1. The third kappa shape index (κ3) is 5.35. The predicted molar refractivity (Wildman–Crippen MR) is 135 cm³/mol. The first-order chi connectivity index (χ1) is 16.6. The standard InChI is InChI=1S/C28H29N3O3/c1-21-18-31(20-29-21)26-13-11-22(17-27(26)34-3)12-14-28(32)30(15-16-33-2)19-24-9-6-8-23-7-4-5-10-25(23)24/h4-14,17-18,20H,15-16,19H2,1-3H3/b14-12+. The molecule has 1 amide bonds. The van der Waals surface area contributed by atoms with Gasteiger partial charge in [-0.15, -0.1) is 0 Å². The second-order valence-corrected chi connectivity index (χ2v) is 8.08. The Bertz CT molecular complexity index is 1300. The highest BCUT2D eigenvalue weighted by atomic mass is 16.5. The van der Waals surface area contributed by atoms with Crippen molar-refractivity contribution in [2.45, 2.75) is 13.5 Å². The molecule has 4 aromatic rings. The molecular formula is C28H29N3O3. The Hall–Kier alpha value is -3.90. The lowest BCUT2D eigenvalue weighted by Crippen LogP contribution is -2.32. The van der Waals surface area contributed by atoms with Gasteiger partial charge in [0.2, 0.25) is 5.91 Å². The summed E-state index contributed by atoms with van der Waals surface area (Å²) >= 11 is 0. The Morgan fingerprint density at radius 2 is 1.91 bits per heavy atom. The topological polar surface area (TPSA) is 56.6 Å². The summed E-state index contributed by atoms with van der Waals surface area (Å²) < 4.78 is 12.8. The lowest BCUT2D eigenvalue weighted by molar-refractivity contribution is -0.127. The second kappa shape index (κ2) is 10.8. The van der Waals surface area contributed by atoms with Crippen LogP contribution >= 0.6 is 0 Å². The Labute approximate surface area is 200 Å². The molecule has 1 heterocycles. The maximum absolute atomic E-state index is 13.1. The number of carbonyl (C=O) groups is 1. The van der Waals surface area contributed by atoms with E-state index in [2.05, 4.69) is 29.2 Å². The number of hydrogen-bond acceptors (Lipinski definition) is 4. The highest BCUT2D eigenvalue weighted by Crippen LogP contribution is 2.25. The molecule has 3 aromatic carbocycles. The molecule has 0 atom stereocenters. The average Bonchev–Trinajstić information content (AvgIpc) is 3.30. The first-order valence-electron chi connectivity index (χ1n) is 11.2. The van der Waals surface area contributed by atoms with Crippen LogP contribution in [0, 0.1) is 6.92 Å². The third-order valence-corrected chi connectivity index (χ3v) is 5.73. The van der Waals surface area contributed by atoms with Gasteiger partial charge in [-0.25, -0.2) is 4.98 Å². The first-order valence-corrected chi connectivity index (χ1v) is 11.2. The van der Waals surface area contributed by atoms with Crippen LogP contribution in [-0.2, 0) is 16.1 Å². The third-order valence-electron chi connectivity index (χ3n) is 5.73. The van der Waals surface area contributed by atoms with E-state index in [4.69, 9.17) is 9.47 Å². The zero-order valence-electron chi connectivity index (χ0n) is 19.8. The van der Waals surface area contributed by atoms with E-state index in [0.29, 0.717) is 25.4 Å². The molecule has 174 valence electrons. The molecule has 1 aromatic heterocycles. The summed E-state index contributed by atoms with van der Waals surface area (Å²) in [6.07, 6.45) is 7.12. The van der Waals surface area contributed by atoms with Crippen LogP contribution in [0.2, 0.25) is 0 Å². The van der Waals surface area contributed by atoms with Crippen LogP contribution in [0.3, 0.4) is 0 Å². The highest BCUT2D eigenvalue weighted by molar-refractivity contribution is 5.92. The molecule has 6 heteroatoms. The molecule has 0 radical (unpaired) electrons. The molecule has 0 aliphatic heterocycles. The number of methoxy groups -OCH3 is 2. The van der Waals surface area contributed by atoms with Gasteiger partial charge in [-0.2, -0.15) is 0 Å². The van der Waals surface area contributed by atoms with Crippen molar-refractivity contribution in [3.63, 3.8) is 0 Å². The van der Waals surface area contributed by atoms with Gasteiger partial charge in [0.1, 0.15) is 5.75 Å². The largest absolute Gasteiger partial charge is 0.495 e. The van der Waals surface area contributed by atoms with Gasteiger partial charge in [0.05, 0.1) is 31.4 Å². The monoisotopic (exact) mass is 455 g/mol. The zero-order valence-corrected chi connectivity index (χ0v) is 19.8. The molecule has 0 unspecified atom stereocenters. The quantitative estimate of drug-likeness (QED) is 0.332. The highest BCUT2D eigenvalue weighted by Gasteiger charge is 2.13. The number of aryl methyl sites for hydroxylation is 1. The summed E-state index contributed by atoms with van der Waals surface area (Å²) in [6.45, 7) is 3.43. The van der Waals surface area contributed by atoms with Crippen LogP contribution < -0.4 is 4.74 Å². The molecule has 0 spiro atoms. The van der Waals surface area contributed by atoms with E-state index in [1.165, 1.54) is 0 Å². The number of hydrogen-bond donors (Lipinski definition) is 0. The van der Waals surface area contributed by atoms with Crippen molar-refractivity contribution in [3.05, 3.63) is 96.1 Å². The van der Waals surface area contributed by atoms with Crippen LogP contribution in [-0.4, -0.2) is 47.7 Å². The van der Waals surface area contributed by atoms with E-state index in [9.17, 15) is 4.79 Å². The minimum Gasteiger partial charge on any atom is -0.495 e. The van der Waals surface area contributed by atoms with E-state index >= 15 is 0 Å². The molecule has 4 rings (SSSR count). The van der Waals surface area contributed by atoms with Gasteiger partial charge in [0.15, 0.2) is 0 Å². The number of aromatic nitrogens is 2. The average molecular weight is 456 g/mol. The molecule has 0 bridgehead atoms. The number of rotatable bonds is 9. The van der Waals surface area contributed by atoms with E-state index in [-0.39, 0.29) is 5.91 Å². The lowest BCUT2D eigenvalue weighted by Gasteiger charge is -2.22. The van der Waals surface area contributed by atoms with E-state index in [1.807, 2.05) is 65.1 Å². The van der Waals surface area contributed by atoms with Crippen molar-refractivity contribution < 1.29 is 14.3 Å². The van der Waals surface area contributed by atoms with Crippen molar-refractivity contribution >= 4 is 22.8 Å². The minimum absolute atomic E-state index is 0.0711. The fraction of sp³-hybridized carbons (Fsp3) is 0.214. The first kappa shape index (κ1) is 23.3. The predicted octanol–water partition coefficient (Wildman–Crippen LogP) is 5.03. The van der Waals surface area contributed by atoms with E-state index in [0.717, 1.165) is 33.3 Å². The summed E-state index contributed by atoms with van der Waals surface area (Å²) in [6, 6.07) is 20.2. The van der Waals surface area contributed by atoms with Gasteiger partial charge in [0, 0.05) is 32.5 Å². The number of nitrogens with zero attached hydrogens (tertiary/aromatic N) is 3. The number of ether oxygens (including phenoxy) is 2. The summed E-state index contributed by atoms with van der Waals surface area (Å²) in [4.78, 5) is 19.2. The van der Waals surface area contributed by atoms with Crippen molar-refractivity contribution in [1.82, 2.24) is 14.5 Å². The minimum atomic E-state index is -0.0711. The molecule has 0 fully saturated rings. The van der Waals surface area contributed by atoms with Crippen LogP contribution in [0.4, 0.5) is 0 Å². The summed E-state index contributed by atoms with van der Waals surface area (Å²) in [5, 5.41) is 2.31. The van der Waals surface area contributed by atoms with Crippen LogP contribution in [0.1, 0.15) is 16.8 Å². The Morgan fingerprint density at radius 3 is 2.68 bits per heavy atom. The van der Waals surface area contributed by atoms with Crippen molar-refractivity contribution in [2.75, 3.05) is 27.4 Å². The second-order valence-electron chi connectivity index (χ2n) is 8.08. The van der Waals surface area contributed by atoms with Gasteiger partial charge >= 0.3 is 0 Å². The normalized spacial score (nSPS) is 11.3. The SMILES string of the molecule is COCCN(Cc1cccc2ccccc12)C(=O)/C=C/c1ccc(-n2cnc(C)c2)c(OC)c1. The molecule has 0 aliphatic carbocycles. The van der Waals surface area contributed by atoms with Crippen LogP contribution in [0.25, 0.3) is 22.5 Å². The summed E-state index contributed by atoms with van der Waals surface area (Å²) in [5.74, 6) is 0.636. The molecule has 34 heavy (non-hydrogen) atoms. The van der Waals surface area contributed by atoms with Gasteiger partial charge in [-0.3, -0.25) is 4.79 Å². The van der Waals surface area contributed by atoms with E-state index < -0.39 is 0 Å². The van der Waals surface area contributed by atoms with Gasteiger partial charge < -0.3 is 18.9 Å². The van der Waals surface area contributed by atoms with Crippen molar-refractivity contribution in [1.29, 1.82) is 0 Å².